The van der Waals surface area contributed by atoms with E-state index in [1.54, 1.807) is 0 Å². The van der Waals surface area contributed by atoms with Crippen LogP contribution in [0.25, 0.3) is 10.9 Å². The normalized spacial score (nSPS) is 11.1. The second kappa shape index (κ2) is 4.68. The predicted octanol–water partition coefficient (Wildman–Crippen LogP) is 2.97. The fraction of sp³-hybridized carbons (Fsp3) is 0.250. The Kier molecular flexibility index (Phi) is 3.42. The molecule has 0 aliphatic rings. The van der Waals surface area contributed by atoms with Crippen molar-refractivity contribution in [3.05, 3.63) is 30.0 Å². The van der Waals surface area contributed by atoms with Gasteiger partial charge in [0.25, 0.3) is 0 Å². The average Bonchev–Trinajstić information content (AvgIpc) is 2.60. The van der Waals surface area contributed by atoms with E-state index in [4.69, 9.17) is 12.2 Å². The van der Waals surface area contributed by atoms with Crippen LogP contribution in [0.1, 0.15) is 5.56 Å². The fourth-order valence-electron chi connectivity index (χ4n) is 1.88. The van der Waals surface area contributed by atoms with Gasteiger partial charge in [-0.1, -0.05) is 23.8 Å². The van der Waals surface area contributed by atoms with Crippen molar-refractivity contribution < 1.29 is 0 Å². The van der Waals surface area contributed by atoms with E-state index in [1.165, 1.54) is 5.56 Å². The molecule has 2 rings (SSSR count). The topological polar surface area (TPSA) is 22.3 Å². The van der Waals surface area contributed by atoms with E-state index >= 15 is 0 Å². The summed E-state index contributed by atoms with van der Waals surface area (Å²) < 4.78 is 0.525. The first-order valence-corrected chi connectivity index (χ1v) is 6.14. The van der Waals surface area contributed by atoms with E-state index < -0.39 is 0 Å². The molecule has 0 aliphatic heterocycles. The molecule has 1 N–H and O–H groups in total. The van der Waals surface area contributed by atoms with Crippen LogP contribution in [0.15, 0.2) is 24.4 Å². The number of thiocarbonyl (C=S) groups is 1. The Bertz CT molecular complexity index is 560. The van der Waals surface area contributed by atoms with Gasteiger partial charge >= 0.3 is 0 Å². The molecule has 0 amide bonds. The van der Waals surface area contributed by atoms with Gasteiger partial charge in [-0.3, -0.25) is 5.01 Å². The summed E-state index contributed by atoms with van der Waals surface area (Å²) in [4.78, 5) is 3.24. The standard InChI is InChI=1S/C12H15N3S2/c1-8-4-5-10-9(6-8)11(7-13-10)15(12(16)17)14(2)3/h4-7,13H,1-3H3,(H,16,17). The number of thiol groups is 1. The Labute approximate surface area is 112 Å². The van der Waals surface area contributed by atoms with Crippen molar-refractivity contribution in [1.82, 2.24) is 9.99 Å². The Morgan fingerprint density at radius 1 is 1.35 bits per heavy atom. The molecule has 3 nitrogen and oxygen atoms in total. The predicted molar refractivity (Wildman–Crippen MR) is 80.8 cm³/mol. The average molecular weight is 265 g/mol. The highest BCUT2D eigenvalue weighted by molar-refractivity contribution is 8.11. The first kappa shape index (κ1) is 12.4. The molecule has 1 aromatic carbocycles. The number of hydrazine groups is 1. The van der Waals surface area contributed by atoms with E-state index in [-0.39, 0.29) is 0 Å². The number of nitrogens with zero attached hydrogens (tertiary/aromatic N) is 2. The monoisotopic (exact) mass is 265 g/mol. The molecule has 2 aromatic rings. The van der Waals surface area contributed by atoms with Gasteiger partial charge in [-0.2, -0.15) is 0 Å². The fourth-order valence-corrected chi connectivity index (χ4v) is 2.43. The van der Waals surface area contributed by atoms with Crippen molar-refractivity contribution in [2.75, 3.05) is 19.1 Å². The lowest BCUT2D eigenvalue weighted by atomic mass is 10.1. The lowest BCUT2D eigenvalue weighted by Gasteiger charge is -2.28. The summed E-state index contributed by atoms with van der Waals surface area (Å²) in [5.74, 6) is 0. The molecule has 0 spiro atoms. The third-order valence-corrected chi connectivity index (χ3v) is 2.99. The molecule has 0 fully saturated rings. The number of H-pyrrole nitrogens is 1. The minimum atomic E-state index is 0.525. The minimum absolute atomic E-state index is 0.525. The van der Waals surface area contributed by atoms with Gasteiger partial charge in [0, 0.05) is 31.2 Å². The molecule has 90 valence electrons. The van der Waals surface area contributed by atoms with Gasteiger partial charge in [0.15, 0.2) is 4.32 Å². The van der Waals surface area contributed by atoms with E-state index in [1.807, 2.05) is 30.3 Å². The van der Waals surface area contributed by atoms with E-state index in [9.17, 15) is 0 Å². The summed E-state index contributed by atoms with van der Waals surface area (Å²) >= 11 is 9.44. The van der Waals surface area contributed by atoms with Gasteiger partial charge in [-0.25, -0.2) is 5.01 Å². The molecule has 0 saturated carbocycles. The zero-order valence-corrected chi connectivity index (χ0v) is 11.8. The molecule has 0 aliphatic carbocycles. The molecular formula is C12H15N3S2. The highest BCUT2D eigenvalue weighted by atomic mass is 32.1. The number of anilines is 1. The van der Waals surface area contributed by atoms with Gasteiger partial charge < -0.3 is 4.98 Å². The Hall–Kier alpha value is -1.04. The molecule has 5 heteroatoms. The van der Waals surface area contributed by atoms with Crippen LogP contribution >= 0.6 is 24.8 Å². The zero-order valence-electron chi connectivity index (χ0n) is 10.1. The highest BCUT2D eigenvalue weighted by Gasteiger charge is 2.16. The Balaban J connectivity index is 2.61. The van der Waals surface area contributed by atoms with E-state index in [2.05, 4.69) is 42.7 Å². The summed E-state index contributed by atoms with van der Waals surface area (Å²) in [7, 11) is 3.88. The Morgan fingerprint density at radius 2 is 2.06 bits per heavy atom. The van der Waals surface area contributed by atoms with Crippen LogP contribution in [0.3, 0.4) is 0 Å². The summed E-state index contributed by atoms with van der Waals surface area (Å²) in [6.07, 6.45) is 1.95. The number of aryl methyl sites for hydroxylation is 1. The molecular weight excluding hydrogens is 250 g/mol. The third kappa shape index (κ3) is 2.31. The van der Waals surface area contributed by atoms with Crippen LogP contribution in [0.2, 0.25) is 0 Å². The second-order valence-electron chi connectivity index (χ2n) is 4.16. The van der Waals surface area contributed by atoms with E-state index in [0.717, 1.165) is 16.6 Å². The van der Waals surface area contributed by atoms with Crippen molar-refractivity contribution in [3.63, 3.8) is 0 Å². The number of hydrogen-bond donors (Lipinski definition) is 2. The molecule has 0 radical (unpaired) electrons. The van der Waals surface area contributed by atoms with Crippen molar-refractivity contribution >= 4 is 45.8 Å². The van der Waals surface area contributed by atoms with Gasteiger partial charge in [-0.15, -0.1) is 12.6 Å². The summed E-state index contributed by atoms with van der Waals surface area (Å²) in [6.45, 7) is 2.08. The molecule has 0 bridgehead atoms. The van der Waals surface area contributed by atoms with Crippen LogP contribution in [-0.4, -0.2) is 28.4 Å². The number of hydrogen-bond acceptors (Lipinski definition) is 2. The number of fused-ring (bicyclic) bond motifs is 1. The maximum atomic E-state index is 5.17. The second-order valence-corrected chi connectivity index (χ2v) is 5.28. The number of aromatic amines is 1. The number of aromatic nitrogens is 1. The van der Waals surface area contributed by atoms with Gasteiger partial charge in [0.2, 0.25) is 0 Å². The molecule has 0 atom stereocenters. The molecule has 0 saturated heterocycles. The van der Waals surface area contributed by atoms with E-state index in [0.29, 0.717) is 4.32 Å². The van der Waals surface area contributed by atoms with Gasteiger partial charge in [0.05, 0.1) is 5.69 Å². The quantitative estimate of drug-likeness (QED) is 0.495. The van der Waals surface area contributed by atoms with Crippen molar-refractivity contribution in [3.8, 4) is 0 Å². The van der Waals surface area contributed by atoms with Crippen LogP contribution < -0.4 is 5.01 Å². The first-order chi connectivity index (χ1) is 8.00. The largest absolute Gasteiger partial charge is 0.359 e. The zero-order chi connectivity index (χ0) is 12.6. The SMILES string of the molecule is Cc1ccc2[nH]cc(N(C(=S)S)N(C)C)c2c1. The lowest BCUT2D eigenvalue weighted by molar-refractivity contribution is 0.435. The van der Waals surface area contributed by atoms with Crippen LogP contribution in [0.4, 0.5) is 5.69 Å². The summed E-state index contributed by atoms with van der Waals surface area (Å²) in [5, 5.41) is 4.95. The maximum Gasteiger partial charge on any atom is 0.152 e. The third-order valence-electron chi connectivity index (χ3n) is 2.62. The van der Waals surface area contributed by atoms with Crippen molar-refractivity contribution in [2.45, 2.75) is 6.92 Å². The molecule has 1 aromatic heterocycles. The van der Waals surface area contributed by atoms with Crippen LogP contribution in [-0.2, 0) is 0 Å². The molecule has 0 unspecified atom stereocenters. The number of rotatable bonds is 2. The Morgan fingerprint density at radius 3 is 2.65 bits per heavy atom. The smallest absolute Gasteiger partial charge is 0.152 e. The minimum Gasteiger partial charge on any atom is -0.359 e. The highest BCUT2D eigenvalue weighted by Crippen LogP contribution is 2.28. The van der Waals surface area contributed by atoms with Crippen LogP contribution in [0, 0.1) is 6.92 Å². The van der Waals surface area contributed by atoms with Crippen LogP contribution in [0.5, 0.6) is 0 Å². The maximum absolute atomic E-state index is 5.17. The molecule has 1 heterocycles. The number of nitrogens with one attached hydrogen (secondary N) is 1. The summed E-state index contributed by atoms with van der Waals surface area (Å²) in [5.41, 5.74) is 3.35. The van der Waals surface area contributed by atoms with Gasteiger partial charge in [0.1, 0.15) is 0 Å². The first-order valence-electron chi connectivity index (χ1n) is 5.28. The molecule has 17 heavy (non-hydrogen) atoms. The number of benzene rings is 1. The summed E-state index contributed by atoms with van der Waals surface area (Å²) in [6, 6.07) is 6.30. The van der Waals surface area contributed by atoms with Crippen molar-refractivity contribution in [1.29, 1.82) is 0 Å². The lowest BCUT2D eigenvalue weighted by Crippen LogP contribution is -2.38. The van der Waals surface area contributed by atoms with Crippen molar-refractivity contribution in [2.24, 2.45) is 0 Å². The van der Waals surface area contributed by atoms with Gasteiger partial charge in [-0.05, 0) is 19.1 Å².